The lowest BCUT2D eigenvalue weighted by Crippen LogP contribution is -2.00. The molecule has 0 saturated carbocycles. The standard InChI is InChI=1S/C18H14ClN5O2S.2H2/c1-27(25,26)12-5-2-10(3-6-12)15-9-21-17(20)16(22-15)18-23-13-7-4-11(19)8-14(13)24-18;;/h2-9H,1H3,(H2,20,21)(H,23,24);2*1H. The molecule has 0 spiro atoms. The van der Waals surface area contributed by atoms with Crippen LogP contribution in [0.4, 0.5) is 5.82 Å². The largest absolute Gasteiger partial charge is 0.382 e. The first kappa shape index (κ1) is 17.4. The number of aromatic nitrogens is 4. The van der Waals surface area contributed by atoms with Gasteiger partial charge in [-0.3, -0.25) is 0 Å². The smallest absolute Gasteiger partial charge is 0.175 e. The minimum absolute atomic E-state index is 0. The number of nitrogens with two attached hydrogens (primary N) is 1. The quantitative estimate of drug-likeness (QED) is 0.537. The van der Waals surface area contributed by atoms with Crippen LogP contribution in [0.15, 0.2) is 53.6 Å². The first-order valence-corrected chi connectivity index (χ1v) is 10.2. The Morgan fingerprint density at radius 3 is 2.56 bits per heavy atom. The van der Waals surface area contributed by atoms with Gasteiger partial charge in [0, 0.05) is 19.7 Å². The van der Waals surface area contributed by atoms with Crippen LogP contribution in [0.5, 0.6) is 0 Å². The van der Waals surface area contributed by atoms with E-state index in [0.29, 0.717) is 22.2 Å². The van der Waals surface area contributed by atoms with E-state index in [1.165, 1.54) is 18.3 Å². The van der Waals surface area contributed by atoms with Gasteiger partial charge in [0.15, 0.2) is 21.5 Å². The minimum Gasteiger partial charge on any atom is -0.382 e. The molecule has 0 aliphatic heterocycles. The average Bonchev–Trinajstić information content (AvgIpc) is 3.04. The summed E-state index contributed by atoms with van der Waals surface area (Å²) in [6, 6.07) is 11.7. The molecule has 2 heterocycles. The molecule has 0 saturated heterocycles. The second kappa shape index (κ2) is 6.33. The van der Waals surface area contributed by atoms with E-state index < -0.39 is 9.84 Å². The molecule has 0 atom stereocenters. The van der Waals surface area contributed by atoms with Crippen LogP contribution in [0.2, 0.25) is 5.02 Å². The zero-order chi connectivity index (χ0) is 19.2. The number of nitrogen functional groups attached to an aromatic ring is 1. The van der Waals surface area contributed by atoms with Crippen molar-refractivity contribution in [1.82, 2.24) is 19.9 Å². The van der Waals surface area contributed by atoms with Crippen molar-refractivity contribution < 1.29 is 11.3 Å². The van der Waals surface area contributed by atoms with Crippen LogP contribution >= 0.6 is 11.6 Å². The highest BCUT2D eigenvalue weighted by Crippen LogP contribution is 2.27. The van der Waals surface area contributed by atoms with E-state index in [-0.39, 0.29) is 13.6 Å². The molecule has 0 radical (unpaired) electrons. The molecule has 0 aliphatic rings. The van der Waals surface area contributed by atoms with Crippen LogP contribution in [-0.4, -0.2) is 34.6 Å². The zero-order valence-electron chi connectivity index (χ0n) is 14.1. The summed E-state index contributed by atoms with van der Waals surface area (Å²) >= 11 is 6.01. The van der Waals surface area contributed by atoms with Gasteiger partial charge in [0.25, 0.3) is 0 Å². The Bertz CT molecular complexity index is 1280. The first-order valence-electron chi connectivity index (χ1n) is 7.90. The normalized spacial score (nSPS) is 11.8. The third-order valence-electron chi connectivity index (χ3n) is 4.05. The molecule has 2 aromatic carbocycles. The van der Waals surface area contributed by atoms with Gasteiger partial charge in [0.2, 0.25) is 0 Å². The summed E-state index contributed by atoms with van der Waals surface area (Å²) in [4.78, 5) is 16.6. The second-order valence-electron chi connectivity index (χ2n) is 6.03. The van der Waals surface area contributed by atoms with E-state index in [4.69, 9.17) is 17.3 Å². The Hall–Kier alpha value is -2.97. The zero-order valence-corrected chi connectivity index (χ0v) is 15.7. The van der Waals surface area contributed by atoms with Crippen molar-refractivity contribution in [2.75, 3.05) is 12.0 Å². The van der Waals surface area contributed by atoms with Gasteiger partial charge in [-0.15, -0.1) is 0 Å². The average molecular weight is 404 g/mol. The van der Waals surface area contributed by atoms with E-state index in [2.05, 4.69) is 19.9 Å². The predicted octanol–water partition coefficient (Wildman–Crippen LogP) is 3.82. The van der Waals surface area contributed by atoms with Crippen LogP contribution in [-0.2, 0) is 9.84 Å². The lowest BCUT2D eigenvalue weighted by molar-refractivity contribution is 0.602. The second-order valence-corrected chi connectivity index (χ2v) is 8.48. The number of nitrogens with one attached hydrogen (secondary N) is 1. The topological polar surface area (TPSA) is 115 Å². The maximum atomic E-state index is 11.6. The minimum atomic E-state index is -3.26. The molecule has 3 N–H and O–H groups in total. The first-order chi connectivity index (χ1) is 12.8. The van der Waals surface area contributed by atoms with E-state index in [1.54, 1.807) is 30.3 Å². The molecule has 4 rings (SSSR count). The lowest BCUT2D eigenvalue weighted by Gasteiger charge is -2.06. The molecule has 4 aromatic rings. The number of halogens is 1. The molecule has 7 nitrogen and oxygen atoms in total. The summed E-state index contributed by atoms with van der Waals surface area (Å²) in [5.41, 5.74) is 9.17. The number of nitrogens with zero attached hydrogens (tertiary/aromatic N) is 3. The SMILES string of the molecule is CS(=O)(=O)c1ccc(-c2cnc(N)c(-c3nc4ccc(Cl)cc4[nH]3)n2)cc1.[HH].[HH]. The highest BCUT2D eigenvalue weighted by Gasteiger charge is 2.14. The van der Waals surface area contributed by atoms with Crippen molar-refractivity contribution in [3.05, 3.63) is 53.7 Å². The molecule has 0 fully saturated rings. The molecule has 0 aliphatic carbocycles. The third kappa shape index (κ3) is 3.36. The van der Waals surface area contributed by atoms with Gasteiger partial charge in [0.1, 0.15) is 5.69 Å². The number of imidazole rings is 1. The number of aromatic amines is 1. The summed E-state index contributed by atoms with van der Waals surface area (Å²) in [5.74, 6) is 0.712. The fraction of sp³-hybridized carbons (Fsp3) is 0.0556. The van der Waals surface area contributed by atoms with Crippen LogP contribution in [0.25, 0.3) is 33.8 Å². The van der Waals surface area contributed by atoms with Crippen LogP contribution in [0.1, 0.15) is 2.85 Å². The van der Waals surface area contributed by atoms with Crippen molar-refractivity contribution in [2.45, 2.75) is 4.90 Å². The third-order valence-corrected chi connectivity index (χ3v) is 5.41. The summed E-state index contributed by atoms with van der Waals surface area (Å²) in [7, 11) is -3.26. The van der Waals surface area contributed by atoms with Gasteiger partial charge >= 0.3 is 0 Å². The Kier molecular flexibility index (Phi) is 4.09. The van der Waals surface area contributed by atoms with Gasteiger partial charge in [-0.1, -0.05) is 23.7 Å². The number of fused-ring (bicyclic) bond motifs is 1. The number of benzene rings is 2. The van der Waals surface area contributed by atoms with Gasteiger partial charge < -0.3 is 10.7 Å². The van der Waals surface area contributed by atoms with Crippen molar-refractivity contribution in [3.63, 3.8) is 0 Å². The summed E-state index contributed by atoms with van der Waals surface area (Å²) < 4.78 is 23.2. The molecule has 0 bridgehead atoms. The molecule has 2 aromatic heterocycles. The Morgan fingerprint density at radius 1 is 1.11 bits per heavy atom. The van der Waals surface area contributed by atoms with Crippen molar-refractivity contribution >= 4 is 38.3 Å². The van der Waals surface area contributed by atoms with Crippen molar-refractivity contribution in [2.24, 2.45) is 0 Å². The fourth-order valence-corrected chi connectivity index (χ4v) is 3.48. The van der Waals surface area contributed by atoms with E-state index in [1.807, 2.05) is 0 Å². The number of rotatable bonds is 3. The fourth-order valence-electron chi connectivity index (χ4n) is 2.68. The van der Waals surface area contributed by atoms with Gasteiger partial charge in [0.05, 0.1) is 27.8 Å². The summed E-state index contributed by atoms with van der Waals surface area (Å²) in [6.45, 7) is 0. The number of sulfone groups is 1. The van der Waals surface area contributed by atoms with Crippen molar-refractivity contribution in [1.29, 1.82) is 0 Å². The molecule has 0 amide bonds. The van der Waals surface area contributed by atoms with E-state index in [9.17, 15) is 8.42 Å². The van der Waals surface area contributed by atoms with Gasteiger partial charge in [-0.25, -0.2) is 23.4 Å². The van der Waals surface area contributed by atoms with Crippen molar-refractivity contribution in [3.8, 4) is 22.8 Å². The molecule has 9 heteroatoms. The lowest BCUT2D eigenvalue weighted by atomic mass is 10.1. The summed E-state index contributed by atoms with van der Waals surface area (Å²) in [6.07, 6.45) is 2.70. The monoisotopic (exact) mass is 403 g/mol. The van der Waals surface area contributed by atoms with Gasteiger partial charge in [-0.2, -0.15) is 0 Å². The number of H-pyrrole nitrogens is 1. The Balaban J connectivity index is 0.00000150. The maximum Gasteiger partial charge on any atom is 0.175 e. The Morgan fingerprint density at radius 2 is 1.85 bits per heavy atom. The number of anilines is 1. The number of hydrogen-bond acceptors (Lipinski definition) is 6. The molecule has 0 unspecified atom stereocenters. The van der Waals surface area contributed by atoms with E-state index >= 15 is 0 Å². The maximum absolute atomic E-state index is 11.6. The van der Waals surface area contributed by atoms with Gasteiger partial charge in [-0.05, 0) is 30.3 Å². The van der Waals surface area contributed by atoms with Crippen LogP contribution in [0.3, 0.4) is 0 Å². The number of hydrogen-bond donors (Lipinski definition) is 2. The summed E-state index contributed by atoms with van der Waals surface area (Å²) in [5, 5.41) is 0.594. The Labute approximate surface area is 163 Å². The molecular weight excluding hydrogens is 386 g/mol. The highest BCUT2D eigenvalue weighted by atomic mass is 35.5. The highest BCUT2D eigenvalue weighted by molar-refractivity contribution is 7.90. The molecule has 140 valence electrons. The predicted molar refractivity (Wildman–Crippen MR) is 109 cm³/mol. The van der Waals surface area contributed by atoms with Crippen LogP contribution < -0.4 is 5.73 Å². The molecular formula is C18H18ClN5O2S. The van der Waals surface area contributed by atoms with Crippen LogP contribution in [0, 0.1) is 0 Å². The molecule has 27 heavy (non-hydrogen) atoms. The van der Waals surface area contributed by atoms with E-state index in [0.717, 1.165) is 22.9 Å².